The van der Waals surface area contributed by atoms with Crippen LogP contribution >= 0.6 is 0 Å². The van der Waals surface area contributed by atoms with Gasteiger partial charge in [-0.05, 0) is 24.6 Å². The standard InChI is InChI=1S/C13H11FO4S/c1-8-5-11(15)12(13(16)18-8)19(17)7-9-3-2-4-10(14)6-9/h2-6,15H,7H2,1H3. The molecule has 19 heavy (non-hydrogen) atoms. The van der Waals surface area contributed by atoms with E-state index in [1.54, 1.807) is 6.07 Å². The molecule has 1 atom stereocenters. The van der Waals surface area contributed by atoms with Crippen LogP contribution in [0.4, 0.5) is 4.39 Å². The molecule has 6 heteroatoms. The van der Waals surface area contributed by atoms with Crippen molar-refractivity contribution in [2.24, 2.45) is 0 Å². The molecule has 0 saturated heterocycles. The van der Waals surface area contributed by atoms with Crippen molar-refractivity contribution in [1.82, 2.24) is 0 Å². The topological polar surface area (TPSA) is 67.5 Å². The third kappa shape index (κ3) is 3.08. The van der Waals surface area contributed by atoms with E-state index in [1.165, 1.54) is 31.2 Å². The number of benzene rings is 1. The molecule has 1 N–H and O–H groups in total. The Bertz CT molecular complexity index is 693. The van der Waals surface area contributed by atoms with Gasteiger partial charge in [-0.25, -0.2) is 9.18 Å². The molecule has 0 bridgehead atoms. The fourth-order valence-electron chi connectivity index (χ4n) is 1.64. The van der Waals surface area contributed by atoms with Crippen molar-refractivity contribution in [2.75, 3.05) is 0 Å². The summed E-state index contributed by atoms with van der Waals surface area (Å²) in [5.74, 6) is -0.661. The van der Waals surface area contributed by atoms with Gasteiger partial charge in [-0.2, -0.15) is 0 Å². The molecule has 2 rings (SSSR count). The summed E-state index contributed by atoms with van der Waals surface area (Å²) in [5, 5.41) is 9.65. The van der Waals surface area contributed by atoms with Gasteiger partial charge in [0.25, 0.3) is 0 Å². The van der Waals surface area contributed by atoms with Crippen LogP contribution in [0.2, 0.25) is 0 Å². The van der Waals surface area contributed by atoms with Gasteiger partial charge < -0.3 is 9.52 Å². The molecular formula is C13H11FO4S. The van der Waals surface area contributed by atoms with Gasteiger partial charge in [-0.15, -0.1) is 0 Å². The van der Waals surface area contributed by atoms with Gasteiger partial charge in [0.1, 0.15) is 17.3 Å². The van der Waals surface area contributed by atoms with E-state index in [2.05, 4.69) is 0 Å². The number of halogens is 1. The quantitative estimate of drug-likeness (QED) is 0.936. The minimum absolute atomic E-state index is 0.0703. The lowest BCUT2D eigenvalue weighted by Gasteiger charge is -2.04. The predicted octanol–water partition coefficient (Wildman–Crippen LogP) is 2.10. The number of rotatable bonds is 3. The van der Waals surface area contributed by atoms with Crippen molar-refractivity contribution < 1.29 is 18.1 Å². The lowest BCUT2D eigenvalue weighted by Crippen LogP contribution is -2.11. The van der Waals surface area contributed by atoms with Crippen molar-refractivity contribution in [1.29, 1.82) is 0 Å². The summed E-state index contributed by atoms with van der Waals surface area (Å²) in [5.41, 5.74) is -0.370. The second kappa shape index (κ2) is 5.36. The molecule has 1 aromatic heterocycles. The summed E-state index contributed by atoms with van der Waals surface area (Å²) in [6.45, 7) is 1.50. The van der Waals surface area contributed by atoms with Crippen LogP contribution in [0, 0.1) is 12.7 Å². The molecule has 0 aliphatic rings. The molecule has 0 fully saturated rings. The average Bonchev–Trinajstić information content (AvgIpc) is 2.27. The summed E-state index contributed by atoms with van der Waals surface area (Å²) in [6.07, 6.45) is 0. The monoisotopic (exact) mass is 282 g/mol. The van der Waals surface area contributed by atoms with Gasteiger partial charge in [-0.1, -0.05) is 12.1 Å². The van der Waals surface area contributed by atoms with Crippen molar-refractivity contribution in [3.05, 3.63) is 57.9 Å². The lowest BCUT2D eigenvalue weighted by molar-refractivity contribution is 0.410. The van der Waals surface area contributed by atoms with Crippen LogP contribution < -0.4 is 5.63 Å². The summed E-state index contributed by atoms with van der Waals surface area (Å²) in [4.78, 5) is 11.3. The summed E-state index contributed by atoms with van der Waals surface area (Å²) in [7, 11) is -1.80. The van der Waals surface area contributed by atoms with Gasteiger partial charge in [0.05, 0.1) is 16.6 Å². The highest BCUT2D eigenvalue weighted by molar-refractivity contribution is 7.84. The smallest absolute Gasteiger partial charge is 0.356 e. The normalized spacial score (nSPS) is 12.3. The molecule has 1 heterocycles. The predicted molar refractivity (Wildman–Crippen MR) is 67.9 cm³/mol. The zero-order chi connectivity index (χ0) is 14.0. The van der Waals surface area contributed by atoms with Crippen molar-refractivity contribution >= 4 is 10.8 Å². The lowest BCUT2D eigenvalue weighted by atomic mass is 10.2. The van der Waals surface area contributed by atoms with Crippen molar-refractivity contribution in [3.63, 3.8) is 0 Å². The van der Waals surface area contributed by atoms with Crippen LogP contribution in [0.15, 0.2) is 44.4 Å². The first-order valence-electron chi connectivity index (χ1n) is 5.44. The number of aromatic hydroxyl groups is 1. The molecule has 100 valence electrons. The molecule has 2 aromatic rings. The number of hydrogen-bond donors (Lipinski definition) is 1. The Labute approximate surface area is 111 Å². The molecule has 0 spiro atoms. The molecule has 0 saturated carbocycles. The Hall–Kier alpha value is -1.95. The van der Waals surface area contributed by atoms with E-state index in [4.69, 9.17) is 4.42 Å². The zero-order valence-electron chi connectivity index (χ0n) is 10.1. The van der Waals surface area contributed by atoms with Gasteiger partial charge in [0.2, 0.25) is 0 Å². The molecule has 0 amide bonds. The van der Waals surface area contributed by atoms with Crippen LogP contribution in [0.3, 0.4) is 0 Å². The maximum Gasteiger partial charge on any atom is 0.356 e. The second-order valence-corrected chi connectivity index (χ2v) is 5.37. The highest BCUT2D eigenvalue weighted by atomic mass is 32.2. The van der Waals surface area contributed by atoms with Crippen LogP contribution in [0.1, 0.15) is 11.3 Å². The van der Waals surface area contributed by atoms with Crippen molar-refractivity contribution in [3.8, 4) is 5.75 Å². The summed E-state index contributed by atoms with van der Waals surface area (Å²) in [6, 6.07) is 6.79. The van der Waals surface area contributed by atoms with Gasteiger partial charge in [0, 0.05) is 6.07 Å². The fourth-order valence-corrected chi connectivity index (χ4v) is 2.79. The Kier molecular flexibility index (Phi) is 3.80. The highest BCUT2D eigenvalue weighted by Gasteiger charge is 2.17. The third-order valence-corrected chi connectivity index (χ3v) is 3.85. The van der Waals surface area contributed by atoms with E-state index in [-0.39, 0.29) is 22.2 Å². The Morgan fingerprint density at radius 2 is 2.11 bits per heavy atom. The summed E-state index contributed by atoms with van der Waals surface area (Å²) < 4.78 is 29.8. The van der Waals surface area contributed by atoms with Crippen LogP contribution in [0.5, 0.6) is 5.75 Å². The van der Waals surface area contributed by atoms with E-state index in [9.17, 15) is 18.5 Å². The molecule has 1 unspecified atom stereocenters. The maximum atomic E-state index is 13.0. The van der Waals surface area contributed by atoms with Crippen molar-refractivity contribution in [2.45, 2.75) is 17.6 Å². The van der Waals surface area contributed by atoms with E-state index < -0.39 is 22.2 Å². The first kappa shape index (κ1) is 13.5. The maximum absolute atomic E-state index is 13.0. The SMILES string of the molecule is Cc1cc(O)c(S(=O)Cc2cccc(F)c2)c(=O)o1. The van der Waals surface area contributed by atoms with Gasteiger partial charge >= 0.3 is 5.63 Å². The first-order valence-corrected chi connectivity index (χ1v) is 6.76. The number of aryl methyl sites for hydroxylation is 1. The minimum atomic E-state index is -1.80. The molecule has 4 nitrogen and oxygen atoms in total. The Balaban J connectivity index is 2.33. The van der Waals surface area contributed by atoms with E-state index in [1.807, 2.05) is 0 Å². The fraction of sp³-hybridized carbons (Fsp3) is 0.154. The zero-order valence-corrected chi connectivity index (χ0v) is 10.9. The van der Waals surface area contributed by atoms with Crippen LogP contribution in [0.25, 0.3) is 0 Å². The third-order valence-electron chi connectivity index (χ3n) is 2.43. The molecule has 0 radical (unpaired) electrons. The minimum Gasteiger partial charge on any atom is -0.506 e. The molecule has 0 aliphatic heterocycles. The first-order chi connectivity index (χ1) is 8.97. The second-order valence-electron chi connectivity index (χ2n) is 3.98. The van der Waals surface area contributed by atoms with E-state index in [0.717, 1.165) is 0 Å². The largest absolute Gasteiger partial charge is 0.506 e. The molecule has 1 aromatic carbocycles. The van der Waals surface area contributed by atoms with Gasteiger partial charge in [-0.3, -0.25) is 4.21 Å². The van der Waals surface area contributed by atoms with Crippen LogP contribution in [-0.2, 0) is 16.6 Å². The number of hydrogen-bond acceptors (Lipinski definition) is 4. The Morgan fingerprint density at radius 1 is 1.37 bits per heavy atom. The average molecular weight is 282 g/mol. The Morgan fingerprint density at radius 3 is 2.74 bits per heavy atom. The van der Waals surface area contributed by atoms with E-state index in [0.29, 0.717) is 5.56 Å². The van der Waals surface area contributed by atoms with Gasteiger partial charge in [0.15, 0.2) is 4.90 Å². The molecular weight excluding hydrogens is 271 g/mol. The molecule has 0 aliphatic carbocycles. The van der Waals surface area contributed by atoms with Crippen LogP contribution in [-0.4, -0.2) is 9.32 Å². The highest BCUT2D eigenvalue weighted by Crippen LogP contribution is 2.20. The van der Waals surface area contributed by atoms with E-state index >= 15 is 0 Å². The summed E-state index contributed by atoms with van der Waals surface area (Å²) >= 11 is 0.